The van der Waals surface area contributed by atoms with Gasteiger partial charge >= 0.3 is 0 Å². The fourth-order valence-electron chi connectivity index (χ4n) is 3.08. The molecule has 1 aliphatic rings. The molecule has 2 heterocycles. The molecule has 0 amide bonds. The number of benzene rings is 1. The smallest absolute Gasteiger partial charge is 0.165 e. The van der Waals surface area contributed by atoms with E-state index in [0.717, 1.165) is 11.3 Å². The summed E-state index contributed by atoms with van der Waals surface area (Å²) in [7, 11) is 1.43. The van der Waals surface area contributed by atoms with Crippen molar-refractivity contribution < 1.29 is 23.7 Å². The maximum absolute atomic E-state index is 14.1. The zero-order chi connectivity index (χ0) is 20.6. The quantitative estimate of drug-likeness (QED) is 0.727. The first-order valence-corrected chi connectivity index (χ1v) is 9.40. The highest BCUT2D eigenvalue weighted by Gasteiger charge is 2.22. The lowest BCUT2D eigenvalue weighted by Crippen LogP contribution is -2.36. The predicted molar refractivity (Wildman–Crippen MR) is 104 cm³/mol. The van der Waals surface area contributed by atoms with Crippen LogP contribution in [0.15, 0.2) is 36.5 Å². The van der Waals surface area contributed by atoms with E-state index in [1.165, 1.54) is 13.2 Å². The zero-order valence-corrected chi connectivity index (χ0v) is 16.3. The summed E-state index contributed by atoms with van der Waals surface area (Å²) in [6.45, 7) is 1.99. The molecule has 1 aromatic heterocycles. The van der Waals surface area contributed by atoms with Crippen LogP contribution in [-0.2, 0) is 16.0 Å². The van der Waals surface area contributed by atoms with Gasteiger partial charge in [0.2, 0.25) is 0 Å². The number of ether oxygens (including phenoxy) is 3. The Balaban J connectivity index is 1.71. The van der Waals surface area contributed by atoms with Crippen molar-refractivity contribution in [1.29, 1.82) is 5.26 Å². The second-order valence-corrected chi connectivity index (χ2v) is 6.84. The SMILES string of the molecule is COc1ccc(CN(CCC2OCC(CO)CO2)c2ccc(C#N)nc2)cc1F. The highest BCUT2D eigenvalue weighted by atomic mass is 19.1. The van der Waals surface area contributed by atoms with E-state index in [1.807, 2.05) is 23.1 Å². The molecule has 0 atom stereocenters. The van der Waals surface area contributed by atoms with E-state index < -0.39 is 5.82 Å². The van der Waals surface area contributed by atoms with Crippen LogP contribution in [0, 0.1) is 23.1 Å². The summed E-state index contributed by atoms with van der Waals surface area (Å²) >= 11 is 0. The summed E-state index contributed by atoms with van der Waals surface area (Å²) in [5.74, 6) is -0.216. The fourth-order valence-corrected chi connectivity index (χ4v) is 3.08. The summed E-state index contributed by atoms with van der Waals surface area (Å²) in [6, 6.07) is 10.3. The van der Waals surface area contributed by atoms with Crippen molar-refractivity contribution in [3.63, 3.8) is 0 Å². The molecule has 1 saturated heterocycles. The van der Waals surface area contributed by atoms with Crippen molar-refractivity contribution in [2.45, 2.75) is 19.3 Å². The molecule has 1 aromatic carbocycles. The third-order valence-electron chi connectivity index (χ3n) is 4.75. The average Bonchev–Trinajstić information content (AvgIpc) is 2.77. The van der Waals surface area contributed by atoms with Crippen molar-refractivity contribution in [3.05, 3.63) is 53.6 Å². The van der Waals surface area contributed by atoms with Crippen molar-refractivity contribution in [2.24, 2.45) is 5.92 Å². The van der Waals surface area contributed by atoms with Crippen LogP contribution in [0.4, 0.5) is 10.1 Å². The molecule has 1 N–H and O–H groups in total. The number of aliphatic hydroxyl groups excluding tert-OH is 1. The van der Waals surface area contributed by atoms with Gasteiger partial charge in [0.1, 0.15) is 11.8 Å². The number of rotatable bonds is 8. The van der Waals surface area contributed by atoms with Crippen LogP contribution >= 0.6 is 0 Å². The molecule has 0 radical (unpaired) electrons. The fraction of sp³-hybridized carbons (Fsp3) is 0.429. The van der Waals surface area contributed by atoms with Gasteiger partial charge in [0.15, 0.2) is 17.9 Å². The number of anilines is 1. The Morgan fingerprint density at radius 1 is 1.31 bits per heavy atom. The van der Waals surface area contributed by atoms with Gasteiger partial charge in [-0.25, -0.2) is 9.37 Å². The Kier molecular flexibility index (Phi) is 7.36. The van der Waals surface area contributed by atoms with Crippen molar-refractivity contribution in [1.82, 2.24) is 4.98 Å². The van der Waals surface area contributed by atoms with Crippen LogP contribution in [0.3, 0.4) is 0 Å². The molecule has 8 heteroatoms. The minimum atomic E-state index is -0.420. The standard InChI is InChI=1S/C21H24FN3O4/c1-27-20-5-2-15(8-19(20)22)11-25(18-4-3-17(9-23)24-10-18)7-6-21-28-13-16(12-26)14-29-21/h2-5,8,10,16,21,26H,6-7,11-14H2,1H3. The molecule has 0 unspecified atom stereocenters. The number of pyridine rings is 1. The van der Waals surface area contributed by atoms with E-state index in [-0.39, 0.29) is 24.6 Å². The number of nitriles is 1. The molecule has 3 rings (SSSR count). The first kappa shape index (κ1) is 21.0. The van der Waals surface area contributed by atoms with Crippen LogP contribution in [0.1, 0.15) is 17.7 Å². The highest BCUT2D eigenvalue weighted by molar-refractivity contribution is 5.47. The predicted octanol–water partition coefficient (Wildman–Crippen LogP) is 2.48. The van der Waals surface area contributed by atoms with Crippen molar-refractivity contribution in [3.8, 4) is 11.8 Å². The molecule has 1 aliphatic heterocycles. The molecule has 154 valence electrons. The normalized spacial score (nSPS) is 18.8. The Hall–Kier alpha value is -2.73. The second-order valence-electron chi connectivity index (χ2n) is 6.84. The van der Waals surface area contributed by atoms with Gasteiger partial charge < -0.3 is 24.2 Å². The molecular weight excluding hydrogens is 377 g/mol. The van der Waals surface area contributed by atoms with Gasteiger partial charge in [-0.3, -0.25) is 0 Å². The maximum Gasteiger partial charge on any atom is 0.165 e. The molecule has 0 spiro atoms. The maximum atomic E-state index is 14.1. The van der Waals surface area contributed by atoms with E-state index >= 15 is 0 Å². The molecule has 2 aromatic rings. The minimum absolute atomic E-state index is 0.00681. The van der Waals surface area contributed by atoms with Gasteiger partial charge in [0, 0.05) is 25.4 Å². The summed E-state index contributed by atoms with van der Waals surface area (Å²) < 4.78 is 30.4. The van der Waals surface area contributed by atoms with E-state index in [0.29, 0.717) is 38.4 Å². The van der Waals surface area contributed by atoms with Crippen LogP contribution in [0.5, 0.6) is 5.75 Å². The monoisotopic (exact) mass is 401 g/mol. The number of aliphatic hydroxyl groups is 1. The Labute approximate surface area is 169 Å². The van der Waals surface area contributed by atoms with Gasteiger partial charge in [-0.15, -0.1) is 0 Å². The van der Waals surface area contributed by atoms with E-state index in [1.54, 1.807) is 18.3 Å². The topological polar surface area (TPSA) is 87.8 Å². The zero-order valence-electron chi connectivity index (χ0n) is 16.3. The number of methoxy groups -OCH3 is 1. The minimum Gasteiger partial charge on any atom is -0.494 e. The summed E-state index contributed by atoms with van der Waals surface area (Å²) in [4.78, 5) is 6.16. The lowest BCUT2D eigenvalue weighted by Gasteiger charge is -2.31. The van der Waals surface area contributed by atoms with Gasteiger partial charge in [0.05, 0.1) is 38.8 Å². The van der Waals surface area contributed by atoms with Crippen LogP contribution in [0.2, 0.25) is 0 Å². The average molecular weight is 401 g/mol. The molecule has 0 aliphatic carbocycles. The molecule has 29 heavy (non-hydrogen) atoms. The van der Waals surface area contributed by atoms with Crippen LogP contribution in [-0.4, -0.2) is 49.9 Å². The molecule has 1 fully saturated rings. The first-order chi connectivity index (χ1) is 14.1. The summed E-state index contributed by atoms with van der Waals surface area (Å²) in [5.41, 5.74) is 1.92. The first-order valence-electron chi connectivity index (χ1n) is 9.40. The van der Waals surface area contributed by atoms with Gasteiger partial charge in [0.25, 0.3) is 0 Å². The van der Waals surface area contributed by atoms with Crippen LogP contribution < -0.4 is 9.64 Å². The van der Waals surface area contributed by atoms with Gasteiger partial charge in [-0.1, -0.05) is 6.07 Å². The number of halogens is 1. The molecule has 0 saturated carbocycles. The lowest BCUT2D eigenvalue weighted by atomic mass is 10.1. The number of nitrogens with zero attached hydrogens (tertiary/aromatic N) is 3. The summed E-state index contributed by atoms with van der Waals surface area (Å²) in [5, 5.41) is 18.1. The molecule has 0 bridgehead atoms. The lowest BCUT2D eigenvalue weighted by molar-refractivity contribution is -0.206. The highest BCUT2D eigenvalue weighted by Crippen LogP contribution is 2.23. The molecule has 7 nitrogen and oxygen atoms in total. The molecular formula is C21H24FN3O4. The Morgan fingerprint density at radius 2 is 2.10 bits per heavy atom. The van der Waals surface area contributed by atoms with E-state index in [9.17, 15) is 9.50 Å². The van der Waals surface area contributed by atoms with Crippen molar-refractivity contribution >= 4 is 5.69 Å². The largest absolute Gasteiger partial charge is 0.494 e. The van der Waals surface area contributed by atoms with Crippen LogP contribution in [0.25, 0.3) is 0 Å². The third kappa shape index (κ3) is 5.64. The van der Waals surface area contributed by atoms with Gasteiger partial charge in [-0.05, 0) is 29.8 Å². The Bertz CT molecular complexity index is 833. The number of hydrogen-bond donors (Lipinski definition) is 1. The van der Waals surface area contributed by atoms with Crippen molar-refractivity contribution in [2.75, 3.05) is 38.4 Å². The summed E-state index contributed by atoms with van der Waals surface area (Å²) in [6.07, 6.45) is 1.86. The number of hydrogen-bond acceptors (Lipinski definition) is 7. The Morgan fingerprint density at radius 3 is 2.69 bits per heavy atom. The second kappa shape index (κ2) is 10.2. The van der Waals surface area contributed by atoms with E-state index in [2.05, 4.69) is 4.98 Å². The van der Waals surface area contributed by atoms with E-state index in [4.69, 9.17) is 19.5 Å². The number of aromatic nitrogens is 1. The third-order valence-corrected chi connectivity index (χ3v) is 4.75. The van der Waals surface area contributed by atoms with Gasteiger partial charge in [-0.2, -0.15) is 5.26 Å².